The van der Waals surface area contributed by atoms with Crippen molar-refractivity contribution in [2.24, 2.45) is 0 Å². The summed E-state index contributed by atoms with van der Waals surface area (Å²) in [6.45, 7) is 3.04. The van der Waals surface area contributed by atoms with Gasteiger partial charge < -0.3 is 20.1 Å². The molecule has 1 aliphatic rings. The normalized spacial score (nSPS) is 18.4. The van der Waals surface area contributed by atoms with Gasteiger partial charge in [-0.1, -0.05) is 0 Å². The van der Waals surface area contributed by atoms with Gasteiger partial charge in [0.1, 0.15) is 12.7 Å². The number of nitrogens with one attached hydrogen (secondary N) is 3. The highest BCUT2D eigenvalue weighted by Gasteiger charge is 2.41. The van der Waals surface area contributed by atoms with Crippen LogP contribution >= 0.6 is 0 Å². The Morgan fingerprint density at radius 3 is 2.75 bits per heavy atom. The lowest BCUT2D eigenvalue weighted by atomic mass is 10.0. The van der Waals surface area contributed by atoms with Crippen LogP contribution < -0.4 is 10.6 Å². The monoisotopic (exact) mass is 456 g/mol. The number of nitrogens with zero attached hydrogens (tertiary/aromatic N) is 3. The fourth-order valence-corrected chi connectivity index (χ4v) is 3.25. The minimum Gasteiger partial charge on any atom is -0.452 e. The number of aromatic nitrogens is 4. The number of aromatic amines is 1. The molecule has 32 heavy (non-hydrogen) atoms. The Kier molecular flexibility index (Phi) is 7.15. The number of amides is 1. The molecule has 10 nitrogen and oxygen atoms in total. The summed E-state index contributed by atoms with van der Waals surface area (Å²) in [6, 6.07) is 1.78. The fraction of sp³-hybridized carbons (Fsp3) is 0.526. The average Bonchev–Trinajstić information content (AvgIpc) is 3.34. The summed E-state index contributed by atoms with van der Waals surface area (Å²) >= 11 is 0. The second kappa shape index (κ2) is 9.83. The Balaban J connectivity index is 1.53. The van der Waals surface area contributed by atoms with E-state index in [9.17, 15) is 22.8 Å². The molecule has 0 bridgehead atoms. The summed E-state index contributed by atoms with van der Waals surface area (Å²) in [5.41, 5.74) is 0.893. The molecule has 3 rings (SSSR count). The minimum absolute atomic E-state index is 0.000712. The first-order valence-corrected chi connectivity index (χ1v) is 9.94. The van der Waals surface area contributed by atoms with Gasteiger partial charge in [0.05, 0.1) is 18.1 Å². The Hall–Kier alpha value is -3.38. The molecule has 0 saturated heterocycles. The van der Waals surface area contributed by atoms with Crippen LogP contribution in [0.2, 0.25) is 0 Å². The first kappa shape index (κ1) is 23.3. The Labute approximate surface area is 181 Å². The molecule has 13 heteroatoms. The molecule has 1 aliphatic carbocycles. The molecule has 2 aromatic rings. The number of carbonyl (C=O) groups is 2. The van der Waals surface area contributed by atoms with Gasteiger partial charge in [-0.05, 0) is 33.1 Å². The number of H-pyrrole nitrogens is 1. The van der Waals surface area contributed by atoms with Crippen molar-refractivity contribution in [1.82, 2.24) is 25.5 Å². The zero-order valence-electron chi connectivity index (χ0n) is 17.4. The summed E-state index contributed by atoms with van der Waals surface area (Å²) in [5, 5.41) is 12.7. The number of hydrogen-bond acceptors (Lipinski definition) is 8. The molecule has 0 aliphatic heterocycles. The van der Waals surface area contributed by atoms with Crippen molar-refractivity contribution in [2.75, 3.05) is 5.32 Å². The molecule has 2 aromatic heterocycles. The number of rotatable bonds is 7. The molecule has 3 N–H and O–H groups in total. The first-order valence-electron chi connectivity index (χ1n) is 9.94. The van der Waals surface area contributed by atoms with Gasteiger partial charge in [0.15, 0.2) is 11.6 Å². The minimum atomic E-state index is -5.07. The van der Waals surface area contributed by atoms with E-state index in [1.54, 1.807) is 6.07 Å². The number of halogens is 3. The van der Waals surface area contributed by atoms with Crippen LogP contribution in [0.15, 0.2) is 18.5 Å². The summed E-state index contributed by atoms with van der Waals surface area (Å²) in [6.07, 6.45) is -0.916. The third-order valence-electron chi connectivity index (χ3n) is 4.63. The van der Waals surface area contributed by atoms with E-state index in [-0.39, 0.29) is 29.6 Å². The van der Waals surface area contributed by atoms with E-state index in [1.165, 1.54) is 12.4 Å². The second-order valence-electron chi connectivity index (χ2n) is 7.64. The summed E-state index contributed by atoms with van der Waals surface area (Å²) < 4.78 is 46.3. The number of ether oxygens (including phenoxy) is 2. The van der Waals surface area contributed by atoms with Gasteiger partial charge in [-0.15, -0.1) is 0 Å². The zero-order valence-corrected chi connectivity index (χ0v) is 17.4. The highest BCUT2D eigenvalue weighted by molar-refractivity contribution is 5.75. The molecular weight excluding hydrogens is 433 g/mol. The van der Waals surface area contributed by atoms with Crippen molar-refractivity contribution < 1.29 is 32.2 Å². The molecule has 0 spiro atoms. The van der Waals surface area contributed by atoms with Crippen LogP contribution in [0.5, 0.6) is 0 Å². The maximum atomic E-state index is 12.2. The summed E-state index contributed by atoms with van der Waals surface area (Å²) in [4.78, 5) is 30.5. The third kappa shape index (κ3) is 6.56. The number of hydrogen-bond donors (Lipinski definition) is 3. The maximum absolute atomic E-state index is 12.2. The van der Waals surface area contributed by atoms with Crippen LogP contribution in [0.25, 0.3) is 0 Å². The van der Waals surface area contributed by atoms with Crippen LogP contribution in [0, 0.1) is 0 Å². The number of carbonyl (C=O) groups excluding carboxylic acids is 2. The van der Waals surface area contributed by atoms with E-state index < -0.39 is 24.8 Å². The van der Waals surface area contributed by atoms with Gasteiger partial charge in [0.2, 0.25) is 0 Å². The lowest BCUT2D eigenvalue weighted by Gasteiger charge is -2.14. The molecule has 2 heterocycles. The zero-order chi connectivity index (χ0) is 23.3. The van der Waals surface area contributed by atoms with E-state index in [4.69, 9.17) is 4.74 Å². The van der Waals surface area contributed by atoms with Crippen molar-refractivity contribution in [3.63, 3.8) is 0 Å². The lowest BCUT2D eigenvalue weighted by molar-refractivity contribution is -0.201. The maximum Gasteiger partial charge on any atom is 0.490 e. The van der Waals surface area contributed by atoms with E-state index in [0.29, 0.717) is 12.2 Å². The molecular formula is C19H23F3N6O4. The molecule has 2 atom stereocenters. The number of anilines is 2. The molecule has 1 amide bonds. The van der Waals surface area contributed by atoms with Gasteiger partial charge in [0.25, 0.3) is 0 Å². The second-order valence-corrected chi connectivity index (χ2v) is 7.64. The van der Waals surface area contributed by atoms with Gasteiger partial charge in [0, 0.05) is 23.7 Å². The highest BCUT2D eigenvalue weighted by Crippen LogP contribution is 2.36. The predicted molar refractivity (Wildman–Crippen MR) is 105 cm³/mol. The molecule has 174 valence electrons. The van der Waals surface area contributed by atoms with Crippen molar-refractivity contribution >= 4 is 23.7 Å². The highest BCUT2D eigenvalue weighted by atomic mass is 19.4. The Bertz CT molecular complexity index is 949. The van der Waals surface area contributed by atoms with E-state index >= 15 is 0 Å². The first-order chi connectivity index (χ1) is 15.1. The van der Waals surface area contributed by atoms with Gasteiger partial charge in [-0.25, -0.2) is 14.6 Å². The summed E-state index contributed by atoms with van der Waals surface area (Å²) in [7, 11) is 0. The van der Waals surface area contributed by atoms with Gasteiger partial charge in [-0.2, -0.15) is 18.3 Å². The van der Waals surface area contributed by atoms with E-state index in [1.807, 2.05) is 13.8 Å². The van der Waals surface area contributed by atoms with Crippen molar-refractivity contribution in [1.29, 1.82) is 0 Å². The van der Waals surface area contributed by atoms with Crippen LogP contribution in [0.4, 0.5) is 29.6 Å². The third-order valence-corrected chi connectivity index (χ3v) is 4.63. The molecule has 0 radical (unpaired) electrons. The number of alkyl halides is 3. The van der Waals surface area contributed by atoms with Crippen LogP contribution in [-0.2, 0) is 20.9 Å². The standard InChI is InChI=1S/C19H23F3N6O4/c1-10(2)24-18(30)32-13-4-3-11(5-13)14-6-15(28-27-14)26-16-8-23-7-12(25-16)9-31-17(29)19(20,21)22/h6-8,10-11,13H,3-5,9H2,1-2H3,(H,24,30)(H2,25,26,27,28)/t11-,13+/m0/s1. The van der Waals surface area contributed by atoms with E-state index in [0.717, 1.165) is 18.5 Å². The predicted octanol–water partition coefficient (Wildman–Crippen LogP) is 3.32. The number of alkyl carbamates (subject to hydrolysis) is 1. The fourth-order valence-electron chi connectivity index (χ4n) is 3.25. The Morgan fingerprint density at radius 1 is 1.25 bits per heavy atom. The number of esters is 1. The van der Waals surface area contributed by atoms with E-state index in [2.05, 4.69) is 35.5 Å². The smallest absolute Gasteiger partial charge is 0.452 e. The van der Waals surface area contributed by atoms with Crippen molar-refractivity contribution in [3.05, 3.63) is 29.8 Å². The summed E-state index contributed by atoms with van der Waals surface area (Å²) in [5.74, 6) is -1.51. The largest absolute Gasteiger partial charge is 0.490 e. The van der Waals surface area contributed by atoms with Crippen molar-refractivity contribution in [2.45, 2.75) is 64.0 Å². The molecule has 0 aromatic carbocycles. The lowest BCUT2D eigenvalue weighted by Crippen LogP contribution is -2.33. The SMILES string of the molecule is CC(C)NC(=O)O[C@@H]1CC[C@H](c2cc(Nc3cncc(COC(=O)C(F)(F)F)n3)n[nH]2)C1. The van der Waals surface area contributed by atoms with Crippen molar-refractivity contribution in [3.8, 4) is 0 Å². The quantitative estimate of drug-likeness (QED) is 0.541. The van der Waals surface area contributed by atoms with Crippen LogP contribution in [0.3, 0.4) is 0 Å². The Morgan fingerprint density at radius 2 is 2.03 bits per heavy atom. The molecule has 1 fully saturated rings. The topological polar surface area (TPSA) is 131 Å². The van der Waals surface area contributed by atoms with Crippen LogP contribution in [-0.4, -0.2) is 50.5 Å². The molecule has 0 unspecified atom stereocenters. The molecule has 1 saturated carbocycles. The van der Waals surface area contributed by atoms with Crippen LogP contribution in [0.1, 0.15) is 50.4 Å². The van der Waals surface area contributed by atoms with Gasteiger partial charge in [-0.3, -0.25) is 10.1 Å². The van der Waals surface area contributed by atoms with Gasteiger partial charge >= 0.3 is 18.2 Å². The average molecular weight is 456 g/mol.